The van der Waals surface area contributed by atoms with Crippen LogP contribution >= 0.6 is 11.3 Å². The molecule has 0 bridgehead atoms. The third-order valence-corrected chi connectivity index (χ3v) is 11.5. The van der Waals surface area contributed by atoms with Gasteiger partial charge in [0.15, 0.2) is 0 Å². The molecule has 0 amide bonds. The summed E-state index contributed by atoms with van der Waals surface area (Å²) in [6, 6.07) is 62.2. The van der Waals surface area contributed by atoms with E-state index in [-0.39, 0.29) is 0 Å². The second-order valence-electron chi connectivity index (χ2n) is 13.1. The van der Waals surface area contributed by atoms with Gasteiger partial charge < -0.3 is 0 Å². The molecule has 0 atom stereocenters. The Morgan fingerprint density at radius 1 is 0.400 bits per heavy atom. The van der Waals surface area contributed by atoms with Crippen LogP contribution in [0.1, 0.15) is 0 Å². The lowest BCUT2D eigenvalue weighted by atomic mass is 9.84. The summed E-state index contributed by atoms with van der Waals surface area (Å²) < 4.78 is 3.61. The van der Waals surface area contributed by atoms with E-state index in [4.69, 9.17) is 4.98 Å². The number of pyridine rings is 1. The molecule has 0 unspecified atom stereocenters. The number of benzene rings is 8. The summed E-state index contributed by atoms with van der Waals surface area (Å²) in [4.78, 5) is 6.32. The molecule has 0 fully saturated rings. The fourth-order valence-electron chi connectivity index (χ4n) is 8.07. The minimum atomic E-state index is 0.972. The van der Waals surface area contributed by atoms with E-state index >= 15 is 0 Å². The van der Waals surface area contributed by atoms with Gasteiger partial charge in [-0.1, -0.05) is 133 Å². The molecule has 232 valence electrons. The molecule has 3 heteroatoms. The number of rotatable bonds is 3. The Hall–Kier alpha value is -6.29. The second kappa shape index (κ2) is 10.6. The van der Waals surface area contributed by atoms with E-state index in [1.807, 2.05) is 11.3 Å². The molecule has 0 saturated heterocycles. The highest BCUT2D eigenvalue weighted by atomic mass is 32.1. The minimum absolute atomic E-state index is 0.972. The molecule has 0 saturated carbocycles. The fraction of sp³-hybridized carbons (Fsp3) is 0. The smallest absolute Gasteiger partial charge is 0.139 e. The van der Waals surface area contributed by atoms with Crippen molar-refractivity contribution in [2.45, 2.75) is 0 Å². The van der Waals surface area contributed by atoms with Crippen molar-refractivity contribution >= 4 is 80.5 Å². The number of hydrogen-bond donors (Lipinski definition) is 0. The van der Waals surface area contributed by atoms with Crippen molar-refractivity contribution < 1.29 is 0 Å². The Kier molecular flexibility index (Phi) is 5.86. The molecule has 3 heterocycles. The molecule has 2 nitrogen and oxygen atoms in total. The van der Waals surface area contributed by atoms with E-state index in [9.17, 15) is 0 Å². The summed E-state index contributed by atoms with van der Waals surface area (Å²) in [6.07, 6.45) is 0. The van der Waals surface area contributed by atoms with E-state index in [2.05, 4.69) is 174 Å². The first-order valence-electron chi connectivity index (χ1n) is 17.0. The number of imidazole rings is 1. The SMILES string of the molecule is c1ccc2cc(-c3c4ccccc4c(-c4ccc5ccccc5c4)c4cc(-c5cccc6nc7c8ccccc8sc7n56)ccc34)ccc2c1. The highest BCUT2D eigenvalue weighted by molar-refractivity contribution is 7.25. The third kappa shape index (κ3) is 4.05. The fourth-order valence-corrected chi connectivity index (χ4v) is 9.23. The highest BCUT2D eigenvalue weighted by Crippen LogP contribution is 2.46. The maximum Gasteiger partial charge on any atom is 0.139 e. The van der Waals surface area contributed by atoms with Crippen LogP contribution in [-0.2, 0) is 0 Å². The van der Waals surface area contributed by atoms with Crippen LogP contribution < -0.4 is 0 Å². The topological polar surface area (TPSA) is 17.3 Å². The quantitative estimate of drug-likeness (QED) is 0.174. The van der Waals surface area contributed by atoms with Gasteiger partial charge in [-0.15, -0.1) is 11.3 Å². The van der Waals surface area contributed by atoms with Crippen LogP contribution in [0.2, 0.25) is 0 Å². The van der Waals surface area contributed by atoms with Gasteiger partial charge in [0.05, 0.1) is 5.69 Å². The molecule has 0 radical (unpaired) electrons. The molecule has 11 rings (SSSR count). The van der Waals surface area contributed by atoms with Gasteiger partial charge in [-0.2, -0.15) is 0 Å². The maximum absolute atomic E-state index is 5.14. The summed E-state index contributed by atoms with van der Waals surface area (Å²) in [7, 11) is 0. The summed E-state index contributed by atoms with van der Waals surface area (Å²) in [5, 5.41) is 11.2. The summed E-state index contributed by atoms with van der Waals surface area (Å²) in [6.45, 7) is 0. The lowest BCUT2D eigenvalue weighted by Gasteiger charge is -2.19. The Balaban J connectivity index is 1.26. The highest BCUT2D eigenvalue weighted by Gasteiger charge is 2.20. The molecular formula is C47H28N2S. The Labute approximate surface area is 292 Å². The van der Waals surface area contributed by atoms with Gasteiger partial charge in [-0.25, -0.2) is 4.98 Å². The minimum Gasteiger partial charge on any atom is -0.284 e. The maximum atomic E-state index is 5.14. The molecule has 0 aliphatic heterocycles. The average Bonchev–Trinajstić information content (AvgIpc) is 3.72. The molecular weight excluding hydrogens is 625 g/mol. The average molecular weight is 653 g/mol. The largest absolute Gasteiger partial charge is 0.284 e. The predicted molar refractivity (Wildman–Crippen MR) is 214 cm³/mol. The molecule has 3 aromatic heterocycles. The number of fused-ring (bicyclic) bond motifs is 9. The zero-order chi connectivity index (χ0) is 32.8. The van der Waals surface area contributed by atoms with Gasteiger partial charge in [0.1, 0.15) is 16.0 Å². The van der Waals surface area contributed by atoms with Gasteiger partial charge in [-0.3, -0.25) is 4.40 Å². The van der Waals surface area contributed by atoms with Gasteiger partial charge in [0.2, 0.25) is 0 Å². The van der Waals surface area contributed by atoms with E-state index in [0.29, 0.717) is 0 Å². The zero-order valence-corrected chi connectivity index (χ0v) is 27.8. The Morgan fingerprint density at radius 2 is 0.960 bits per heavy atom. The lowest BCUT2D eigenvalue weighted by molar-refractivity contribution is 1.24. The van der Waals surface area contributed by atoms with Crippen molar-refractivity contribution in [2.24, 2.45) is 0 Å². The first-order chi connectivity index (χ1) is 24.8. The van der Waals surface area contributed by atoms with Crippen molar-refractivity contribution in [3.63, 3.8) is 0 Å². The predicted octanol–water partition coefficient (Wildman–Crippen LogP) is 13.3. The third-order valence-electron chi connectivity index (χ3n) is 10.3. The van der Waals surface area contributed by atoms with Crippen LogP contribution in [0.3, 0.4) is 0 Å². The summed E-state index contributed by atoms with van der Waals surface area (Å²) in [5.74, 6) is 0. The second-order valence-corrected chi connectivity index (χ2v) is 14.2. The molecule has 50 heavy (non-hydrogen) atoms. The number of thiophene rings is 1. The molecule has 11 aromatic rings. The normalized spacial score (nSPS) is 12.0. The van der Waals surface area contributed by atoms with Gasteiger partial charge >= 0.3 is 0 Å². The molecule has 0 aliphatic rings. The van der Waals surface area contributed by atoms with Crippen LogP contribution in [0.5, 0.6) is 0 Å². The van der Waals surface area contributed by atoms with Crippen LogP contribution in [0.15, 0.2) is 170 Å². The van der Waals surface area contributed by atoms with Gasteiger partial charge in [-0.05, 0) is 107 Å². The van der Waals surface area contributed by atoms with Crippen LogP contribution in [-0.4, -0.2) is 9.38 Å². The molecule has 8 aromatic carbocycles. The van der Waals surface area contributed by atoms with E-state index < -0.39 is 0 Å². The molecule has 0 N–H and O–H groups in total. The summed E-state index contributed by atoms with van der Waals surface area (Å²) >= 11 is 1.81. The summed E-state index contributed by atoms with van der Waals surface area (Å²) in [5.41, 5.74) is 9.33. The monoisotopic (exact) mass is 652 g/mol. The standard InChI is InChI=1S/C47H28N2S/c1-3-12-31-26-34(22-20-29(31)10-1)44-36-14-5-6-15-37(36)45(35-23-21-30-11-2-4-13-32(30)27-35)40-28-33(24-25-38(40)44)41-17-9-19-43-48-46-39-16-7-8-18-42(39)50-47(46)49(41)43/h1-28H. The van der Waals surface area contributed by atoms with Crippen LogP contribution in [0.4, 0.5) is 0 Å². The number of hydrogen-bond acceptors (Lipinski definition) is 2. The lowest BCUT2D eigenvalue weighted by Crippen LogP contribution is -1.94. The Morgan fingerprint density at radius 3 is 1.66 bits per heavy atom. The van der Waals surface area contributed by atoms with Gasteiger partial charge in [0, 0.05) is 10.1 Å². The van der Waals surface area contributed by atoms with E-state index in [0.717, 1.165) is 16.9 Å². The first-order valence-corrected chi connectivity index (χ1v) is 17.9. The van der Waals surface area contributed by atoms with Crippen molar-refractivity contribution in [3.05, 3.63) is 170 Å². The van der Waals surface area contributed by atoms with Crippen molar-refractivity contribution in [2.75, 3.05) is 0 Å². The Bertz CT molecular complexity index is 3160. The first kappa shape index (κ1) is 27.6. The molecule has 0 aliphatic carbocycles. The van der Waals surface area contributed by atoms with E-state index in [1.165, 1.54) is 85.8 Å². The molecule has 0 spiro atoms. The van der Waals surface area contributed by atoms with E-state index in [1.54, 1.807) is 0 Å². The number of aromatic nitrogens is 2. The van der Waals surface area contributed by atoms with Crippen molar-refractivity contribution in [1.82, 2.24) is 9.38 Å². The van der Waals surface area contributed by atoms with Crippen molar-refractivity contribution in [3.8, 4) is 33.5 Å². The van der Waals surface area contributed by atoms with Crippen LogP contribution in [0.25, 0.3) is 103 Å². The zero-order valence-electron chi connectivity index (χ0n) is 27.0. The van der Waals surface area contributed by atoms with Crippen molar-refractivity contribution in [1.29, 1.82) is 0 Å². The van der Waals surface area contributed by atoms with Crippen LogP contribution in [0, 0.1) is 0 Å². The van der Waals surface area contributed by atoms with Gasteiger partial charge in [0.25, 0.3) is 0 Å². The number of nitrogens with zero attached hydrogens (tertiary/aromatic N) is 2.